The van der Waals surface area contributed by atoms with Gasteiger partial charge in [-0.05, 0) is 23.1 Å². The molecule has 0 aliphatic carbocycles. The van der Waals surface area contributed by atoms with E-state index in [1.807, 2.05) is 12.1 Å². The average molecular weight is 405 g/mol. The highest BCUT2D eigenvalue weighted by molar-refractivity contribution is 6.52. The van der Waals surface area contributed by atoms with E-state index in [9.17, 15) is 14.4 Å². The van der Waals surface area contributed by atoms with Crippen LogP contribution in [-0.2, 0) is 15.0 Å². The number of hydrazone groups is 1. The quantitative estimate of drug-likeness (QED) is 0.624. The number of nitrogens with zero attached hydrogens (tertiary/aromatic N) is 2. The van der Waals surface area contributed by atoms with Gasteiger partial charge >= 0.3 is 0 Å². The number of carbonyl (C=O) groups is 3. The molecule has 0 radical (unpaired) electrons. The van der Waals surface area contributed by atoms with Crippen LogP contribution in [0.4, 0.5) is 5.69 Å². The molecule has 2 aliphatic rings. The predicted octanol–water partition coefficient (Wildman–Crippen LogP) is 2.69. The molecule has 1 saturated heterocycles. The van der Waals surface area contributed by atoms with E-state index in [0.29, 0.717) is 17.0 Å². The predicted molar refractivity (Wildman–Crippen MR) is 113 cm³/mol. The Balaban J connectivity index is 1.61. The first-order valence-corrected chi connectivity index (χ1v) is 9.72. The Labute approximate surface area is 174 Å². The maximum Gasteiger partial charge on any atom is 0.259 e. The number of fused-ring (bicyclic) bond motifs is 1. The van der Waals surface area contributed by atoms with Gasteiger partial charge in [-0.3, -0.25) is 19.8 Å². The summed E-state index contributed by atoms with van der Waals surface area (Å²) >= 11 is 0. The first-order chi connectivity index (χ1) is 14.2. The normalized spacial score (nSPS) is 20.7. The second kappa shape index (κ2) is 7.09. The van der Waals surface area contributed by atoms with Gasteiger partial charge in [0.05, 0.1) is 12.8 Å². The number of methoxy groups -OCH3 is 1. The molecule has 0 bridgehead atoms. The lowest BCUT2D eigenvalue weighted by atomic mass is 9.85. The van der Waals surface area contributed by atoms with Crippen molar-refractivity contribution < 1.29 is 19.1 Å². The molecule has 7 heteroatoms. The third-order valence-electron chi connectivity index (χ3n) is 5.48. The minimum absolute atomic E-state index is 0.0375. The maximum atomic E-state index is 13.1. The van der Waals surface area contributed by atoms with Gasteiger partial charge in [-0.15, -0.1) is 0 Å². The van der Waals surface area contributed by atoms with E-state index in [0.717, 1.165) is 10.5 Å². The molecule has 1 N–H and O–H groups in total. The van der Waals surface area contributed by atoms with Crippen LogP contribution in [0.1, 0.15) is 36.7 Å². The number of benzene rings is 2. The first-order valence-electron chi connectivity index (χ1n) is 9.72. The molecule has 2 unspecified atom stereocenters. The number of nitrogens with one attached hydrogen (secondary N) is 1. The number of rotatable bonds is 4. The van der Waals surface area contributed by atoms with Crippen LogP contribution in [0.3, 0.4) is 0 Å². The maximum absolute atomic E-state index is 13.1. The van der Waals surface area contributed by atoms with Crippen molar-refractivity contribution in [3.05, 3.63) is 59.7 Å². The van der Waals surface area contributed by atoms with Gasteiger partial charge in [0.2, 0.25) is 11.7 Å². The number of Topliss-reactive ketones (excluding diaryl/α,β-unsaturated/α-hetero) is 1. The fourth-order valence-corrected chi connectivity index (χ4v) is 3.75. The first kappa shape index (κ1) is 19.8. The number of hydrogen-bond acceptors (Lipinski definition) is 6. The zero-order chi connectivity index (χ0) is 21.6. The number of carbonyl (C=O) groups excluding carboxylic acids is 3. The number of ketones is 1. The lowest BCUT2D eigenvalue weighted by Gasteiger charge is -2.19. The van der Waals surface area contributed by atoms with Crippen LogP contribution in [0.2, 0.25) is 0 Å². The molecule has 1 fully saturated rings. The van der Waals surface area contributed by atoms with Crippen LogP contribution in [0.25, 0.3) is 0 Å². The fourth-order valence-electron chi connectivity index (χ4n) is 3.75. The fraction of sp³-hybridized carbons (Fsp3) is 0.304. The van der Waals surface area contributed by atoms with E-state index in [-0.39, 0.29) is 16.9 Å². The van der Waals surface area contributed by atoms with Crippen LogP contribution in [0.15, 0.2) is 53.6 Å². The standard InChI is InChI=1S/C23H23N3O4/c1-23(2,3)14-10-8-13(9-11-14)20(27)18-17-19(25-24-18)22(29)26(21(17)28)15-6-5-7-16(12-15)30-4/h5-12,17,19,25H,1-4H3. The minimum atomic E-state index is -0.946. The molecule has 2 aromatic carbocycles. The zero-order valence-corrected chi connectivity index (χ0v) is 17.3. The van der Waals surface area contributed by atoms with E-state index in [2.05, 4.69) is 31.3 Å². The van der Waals surface area contributed by atoms with Gasteiger partial charge in [0, 0.05) is 11.6 Å². The Hall–Kier alpha value is -3.48. The summed E-state index contributed by atoms with van der Waals surface area (Å²) in [5.74, 6) is -1.68. The van der Waals surface area contributed by atoms with Crippen LogP contribution >= 0.6 is 0 Å². The Kier molecular flexibility index (Phi) is 4.68. The van der Waals surface area contributed by atoms with Crippen LogP contribution in [0.5, 0.6) is 5.75 Å². The van der Waals surface area contributed by atoms with Crippen molar-refractivity contribution in [2.24, 2.45) is 11.0 Å². The smallest absolute Gasteiger partial charge is 0.259 e. The Morgan fingerprint density at radius 1 is 1.07 bits per heavy atom. The minimum Gasteiger partial charge on any atom is -0.497 e. The molecular formula is C23H23N3O4. The van der Waals surface area contributed by atoms with Crippen molar-refractivity contribution in [2.75, 3.05) is 12.0 Å². The molecule has 4 rings (SSSR count). The van der Waals surface area contributed by atoms with Gasteiger partial charge in [0.25, 0.3) is 5.91 Å². The van der Waals surface area contributed by atoms with E-state index in [1.165, 1.54) is 7.11 Å². The average Bonchev–Trinajstić information content (AvgIpc) is 3.27. The number of anilines is 1. The summed E-state index contributed by atoms with van der Waals surface area (Å²) in [6.45, 7) is 6.28. The number of amides is 2. The number of ether oxygens (including phenoxy) is 1. The third-order valence-corrected chi connectivity index (χ3v) is 5.48. The molecule has 30 heavy (non-hydrogen) atoms. The number of imide groups is 1. The second-order valence-corrected chi connectivity index (χ2v) is 8.45. The highest BCUT2D eigenvalue weighted by atomic mass is 16.5. The molecule has 7 nitrogen and oxygen atoms in total. The monoisotopic (exact) mass is 405 g/mol. The molecule has 2 aromatic rings. The van der Waals surface area contributed by atoms with Crippen molar-refractivity contribution in [3.8, 4) is 5.75 Å². The molecule has 2 atom stereocenters. The highest BCUT2D eigenvalue weighted by Crippen LogP contribution is 2.33. The molecule has 2 aliphatic heterocycles. The zero-order valence-electron chi connectivity index (χ0n) is 17.3. The summed E-state index contributed by atoms with van der Waals surface area (Å²) in [7, 11) is 1.51. The van der Waals surface area contributed by atoms with Crippen molar-refractivity contribution in [3.63, 3.8) is 0 Å². The summed E-state index contributed by atoms with van der Waals surface area (Å²) in [5.41, 5.74) is 4.65. The summed E-state index contributed by atoms with van der Waals surface area (Å²) in [6, 6.07) is 13.1. The van der Waals surface area contributed by atoms with Crippen LogP contribution in [-0.4, -0.2) is 36.5 Å². The number of hydrogen-bond donors (Lipinski definition) is 1. The van der Waals surface area contributed by atoms with Gasteiger partial charge in [-0.2, -0.15) is 5.10 Å². The van der Waals surface area contributed by atoms with Crippen LogP contribution in [0, 0.1) is 5.92 Å². The van der Waals surface area contributed by atoms with E-state index >= 15 is 0 Å². The van der Waals surface area contributed by atoms with Crippen molar-refractivity contribution in [1.29, 1.82) is 0 Å². The van der Waals surface area contributed by atoms with Gasteiger partial charge in [-0.1, -0.05) is 51.1 Å². The highest BCUT2D eigenvalue weighted by Gasteiger charge is 2.55. The van der Waals surface area contributed by atoms with E-state index in [4.69, 9.17) is 4.74 Å². The van der Waals surface area contributed by atoms with Crippen molar-refractivity contribution in [2.45, 2.75) is 32.2 Å². The second-order valence-electron chi connectivity index (χ2n) is 8.45. The molecule has 0 saturated carbocycles. The largest absolute Gasteiger partial charge is 0.497 e. The third kappa shape index (κ3) is 3.16. The molecular weight excluding hydrogens is 382 g/mol. The van der Waals surface area contributed by atoms with Gasteiger partial charge in [0.1, 0.15) is 23.4 Å². The summed E-state index contributed by atoms with van der Waals surface area (Å²) < 4.78 is 5.19. The Bertz CT molecular complexity index is 1070. The van der Waals surface area contributed by atoms with E-state index < -0.39 is 23.8 Å². The summed E-state index contributed by atoms with van der Waals surface area (Å²) in [6.07, 6.45) is 0. The summed E-state index contributed by atoms with van der Waals surface area (Å²) in [5, 5.41) is 4.05. The van der Waals surface area contributed by atoms with Gasteiger partial charge in [-0.25, -0.2) is 4.90 Å². The molecule has 154 valence electrons. The topological polar surface area (TPSA) is 88.1 Å². The molecule has 2 heterocycles. The van der Waals surface area contributed by atoms with Crippen molar-refractivity contribution in [1.82, 2.24) is 5.43 Å². The van der Waals surface area contributed by atoms with Crippen LogP contribution < -0.4 is 15.1 Å². The Morgan fingerprint density at radius 3 is 2.40 bits per heavy atom. The molecule has 0 spiro atoms. The molecule has 2 amide bonds. The SMILES string of the molecule is COc1cccc(N2C(=O)C3NN=C(C(=O)c4ccc(C(C)(C)C)cc4)C3C2=O)c1. The van der Waals surface area contributed by atoms with E-state index in [1.54, 1.807) is 36.4 Å². The molecule has 0 aromatic heterocycles. The van der Waals surface area contributed by atoms with Gasteiger partial charge < -0.3 is 4.74 Å². The van der Waals surface area contributed by atoms with Crippen molar-refractivity contribution >= 4 is 29.0 Å². The van der Waals surface area contributed by atoms with Gasteiger partial charge in [0.15, 0.2) is 0 Å². The lowest BCUT2D eigenvalue weighted by Crippen LogP contribution is -2.36. The summed E-state index contributed by atoms with van der Waals surface area (Å²) in [4.78, 5) is 40.2. The Morgan fingerprint density at radius 2 is 1.77 bits per heavy atom. The lowest BCUT2D eigenvalue weighted by molar-refractivity contribution is -0.122.